The van der Waals surface area contributed by atoms with Gasteiger partial charge < -0.3 is 15.5 Å². The van der Waals surface area contributed by atoms with Crippen LogP contribution in [0.2, 0.25) is 0 Å². The van der Waals surface area contributed by atoms with Crippen LogP contribution in [0, 0.1) is 0 Å². The molecule has 7 heteroatoms. The molecule has 21 heavy (non-hydrogen) atoms. The normalized spacial score (nSPS) is 15.7. The number of nitrogens with two attached hydrogens (primary N) is 1. The zero-order valence-corrected chi connectivity index (χ0v) is 11.5. The van der Waals surface area contributed by atoms with E-state index in [0.29, 0.717) is 24.6 Å². The van der Waals surface area contributed by atoms with Crippen LogP contribution in [0.25, 0.3) is 11.3 Å². The van der Waals surface area contributed by atoms with Crippen LogP contribution < -0.4 is 10.6 Å². The van der Waals surface area contributed by atoms with Gasteiger partial charge in [0.1, 0.15) is 5.82 Å². The Labute approximate surface area is 121 Å². The number of hydrogen-bond donors (Lipinski definition) is 2. The summed E-state index contributed by atoms with van der Waals surface area (Å²) in [6.45, 7) is 1.03. The second-order valence-electron chi connectivity index (χ2n) is 4.94. The molecule has 3 rings (SSSR count). The Morgan fingerprint density at radius 1 is 1.14 bits per heavy atom. The lowest BCUT2D eigenvalue weighted by molar-refractivity contribution is -0.145. The Bertz CT molecular complexity index is 692. The van der Waals surface area contributed by atoms with Crippen LogP contribution in [0.1, 0.15) is 0 Å². The van der Waals surface area contributed by atoms with E-state index in [1.165, 1.54) is 9.80 Å². The molecule has 3 N–H and O–H groups in total. The van der Waals surface area contributed by atoms with E-state index >= 15 is 0 Å². The number of likely N-dealkylation sites (N-methyl/N-ethyl adjacent to an activating group) is 1. The molecule has 0 spiro atoms. The maximum Gasteiger partial charge on any atom is 0.316 e. The van der Waals surface area contributed by atoms with Crippen molar-refractivity contribution < 1.29 is 9.59 Å². The molecular weight excluding hydrogens is 270 g/mol. The third-order valence-corrected chi connectivity index (χ3v) is 3.52. The smallest absolute Gasteiger partial charge is 0.316 e. The summed E-state index contributed by atoms with van der Waals surface area (Å²) < 4.78 is 0. The van der Waals surface area contributed by atoms with Gasteiger partial charge in [0.15, 0.2) is 0 Å². The Hall–Kier alpha value is -2.83. The van der Waals surface area contributed by atoms with Gasteiger partial charge >= 0.3 is 11.8 Å². The molecule has 1 aromatic heterocycles. The van der Waals surface area contributed by atoms with E-state index in [2.05, 4.69) is 10.2 Å². The molecule has 0 radical (unpaired) electrons. The molecule has 1 saturated heterocycles. The predicted octanol–water partition coefficient (Wildman–Crippen LogP) is 0.464. The Morgan fingerprint density at radius 3 is 2.48 bits per heavy atom. The minimum absolute atomic E-state index is 0.425. The average molecular weight is 285 g/mol. The summed E-state index contributed by atoms with van der Waals surface area (Å²) in [5, 5.41) is 6.70. The molecule has 2 amide bonds. The highest BCUT2D eigenvalue weighted by Crippen LogP contribution is 2.23. The van der Waals surface area contributed by atoms with Gasteiger partial charge in [-0.05, 0) is 17.7 Å². The molecule has 0 bridgehead atoms. The quantitative estimate of drug-likeness (QED) is 0.784. The molecule has 0 saturated carbocycles. The zero-order chi connectivity index (χ0) is 15.0. The lowest BCUT2D eigenvalue weighted by atomic mass is 10.1. The van der Waals surface area contributed by atoms with Crippen LogP contribution in [-0.4, -0.2) is 47.0 Å². The fourth-order valence-corrected chi connectivity index (χ4v) is 2.28. The first-order chi connectivity index (χ1) is 10.1. The number of nitrogens with zero attached hydrogens (tertiary/aromatic N) is 3. The van der Waals surface area contributed by atoms with E-state index in [-0.39, 0.29) is 0 Å². The van der Waals surface area contributed by atoms with Crippen molar-refractivity contribution in [1.82, 2.24) is 15.1 Å². The minimum Gasteiger partial charge on any atom is -0.382 e. The van der Waals surface area contributed by atoms with Crippen LogP contribution in [0.15, 0.2) is 30.3 Å². The molecule has 0 aliphatic carbocycles. The summed E-state index contributed by atoms with van der Waals surface area (Å²) in [5.41, 5.74) is 8.00. The van der Waals surface area contributed by atoms with Gasteiger partial charge in [0.05, 0.1) is 5.69 Å². The van der Waals surface area contributed by atoms with Crippen molar-refractivity contribution in [3.8, 4) is 11.3 Å². The van der Waals surface area contributed by atoms with Crippen LogP contribution in [0.3, 0.4) is 0 Å². The SMILES string of the molecule is CN1CCN(c2ccc(-c3cc(N)n[nH]3)cc2)C(=O)C1=O. The highest BCUT2D eigenvalue weighted by atomic mass is 16.2. The summed E-state index contributed by atoms with van der Waals surface area (Å²) in [4.78, 5) is 26.6. The lowest BCUT2D eigenvalue weighted by Gasteiger charge is -2.31. The topological polar surface area (TPSA) is 95.3 Å². The van der Waals surface area contributed by atoms with Crippen LogP contribution in [-0.2, 0) is 9.59 Å². The number of aromatic nitrogens is 2. The molecule has 1 aromatic carbocycles. The summed E-state index contributed by atoms with van der Waals surface area (Å²) in [6.07, 6.45) is 0. The van der Waals surface area contributed by atoms with Gasteiger partial charge in [0, 0.05) is 31.9 Å². The number of piperazine rings is 1. The molecule has 1 fully saturated rings. The number of carbonyl (C=O) groups excluding carboxylic acids is 2. The van der Waals surface area contributed by atoms with Crippen molar-refractivity contribution in [3.05, 3.63) is 30.3 Å². The highest BCUT2D eigenvalue weighted by molar-refractivity contribution is 6.40. The number of nitrogen functional groups attached to an aromatic ring is 1. The summed E-state index contributed by atoms with van der Waals surface area (Å²) in [7, 11) is 1.63. The molecule has 1 aliphatic rings. The van der Waals surface area contributed by atoms with E-state index in [1.807, 2.05) is 24.3 Å². The van der Waals surface area contributed by atoms with Crippen molar-refractivity contribution in [2.24, 2.45) is 0 Å². The summed E-state index contributed by atoms with van der Waals surface area (Å²) in [5.74, 6) is -0.553. The number of hydrogen-bond acceptors (Lipinski definition) is 4. The first-order valence-corrected chi connectivity index (χ1v) is 6.54. The van der Waals surface area contributed by atoms with Gasteiger partial charge in [-0.15, -0.1) is 0 Å². The van der Waals surface area contributed by atoms with Gasteiger partial charge in [-0.2, -0.15) is 5.10 Å². The van der Waals surface area contributed by atoms with E-state index in [9.17, 15) is 9.59 Å². The summed E-state index contributed by atoms with van der Waals surface area (Å²) >= 11 is 0. The molecular formula is C14H15N5O2. The Balaban J connectivity index is 1.84. The average Bonchev–Trinajstić information content (AvgIpc) is 2.92. The number of nitrogens with one attached hydrogen (secondary N) is 1. The Morgan fingerprint density at radius 2 is 1.86 bits per heavy atom. The molecule has 108 valence electrons. The maximum absolute atomic E-state index is 12.0. The van der Waals surface area contributed by atoms with Gasteiger partial charge in [0.2, 0.25) is 0 Å². The number of aromatic amines is 1. The molecule has 1 aliphatic heterocycles. The highest BCUT2D eigenvalue weighted by Gasteiger charge is 2.31. The zero-order valence-electron chi connectivity index (χ0n) is 11.5. The fourth-order valence-electron chi connectivity index (χ4n) is 2.28. The third-order valence-electron chi connectivity index (χ3n) is 3.52. The first kappa shape index (κ1) is 13.2. The van der Waals surface area contributed by atoms with Gasteiger partial charge in [0.25, 0.3) is 0 Å². The number of amides is 2. The molecule has 2 heterocycles. The Kier molecular flexibility index (Phi) is 3.09. The second-order valence-corrected chi connectivity index (χ2v) is 4.94. The van der Waals surface area contributed by atoms with Gasteiger partial charge in [-0.25, -0.2) is 0 Å². The van der Waals surface area contributed by atoms with Crippen LogP contribution >= 0.6 is 0 Å². The third kappa shape index (κ3) is 2.33. The van der Waals surface area contributed by atoms with E-state index in [4.69, 9.17) is 5.73 Å². The lowest BCUT2D eigenvalue weighted by Crippen LogP contribution is -2.52. The monoisotopic (exact) mass is 285 g/mol. The van der Waals surface area contributed by atoms with Crippen LogP contribution in [0.4, 0.5) is 11.5 Å². The number of carbonyl (C=O) groups is 2. The van der Waals surface area contributed by atoms with Gasteiger partial charge in [-0.1, -0.05) is 12.1 Å². The number of anilines is 2. The van der Waals surface area contributed by atoms with Crippen molar-refractivity contribution in [2.45, 2.75) is 0 Å². The standard InChI is InChI=1S/C14H15N5O2/c1-18-6-7-19(14(21)13(18)20)10-4-2-9(3-5-10)11-8-12(15)17-16-11/h2-5,8H,6-7H2,1H3,(H3,15,16,17). The second kappa shape index (κ2) is 4.93. The van der Waals surface area contributed by atoms with Crippen LogP contribution in [0.5, 0.6) is 0 Å². The minimum atomic E-state index is -0.498. The van der Waals surface area contributed by atoms with Crippen molar-refractivity contribution >= 4 is 23.3 Å². The largest absolute Gasteiger partial charge is 0.382 e. The summed E-state index contributed by atoms with van der Waals surface area (Å²) in [6, 6.07) is 9.07. The van der Waals surface area contributed by atoms with Crippen molar-refractivity contribution in [2.75, 3.05) is 30.8 Å². The molecule has 0 atom stereocenters. The number of rotatable bonds is 2. The molecule has 0 unspecified atom stereocenters. The maximum atomic E-state index is 12.0. The fraction of sp³-hybridized carbons (Fsp3) is 0.214. The van der Waals surface area contributed by atoms with Crippen molar-refractivity contribution in [1.29, 1.82) is 0 Å². The molecule has 7 nitrogen and oxygen atoms in total. The number of H-pyrrole nitrogens is 1. The number of benzene rings is 1. The molecule has 2 aromatic rings. The van der Waals surface area contributed by atoms with E-state index < -0.39 is 11.8 Å². The van der Waals surface area contributed by atoms with E-state index in [1.54, 1.807) is 13.1 Å². The van der Waals surface area contributed by atoms with E-state index in [0.717, 1.165) is 11.3 Å². The van der Waals surface area contributed by atoms with Gasteiger partial charge in [-0.3, -0.25) is 14.7 Å². The predicted molar refractivity (Wildman–Crippen MR) is 78.4 cm³/mol. The first-order valence-electron chi connectivity index (χ1n) is 6.54. The van der Waals surface area contributed by atoms with Crippen molar-refractivity contribution in [3.63, 3.8) is 0 Å².